The molecule has 132 valence electrons. The lowest BCUT2D eigenvalue weighted by Crippen LogP contribution is -2.51. The van der Waals surface area contributed by atoms with Crippen LogP contribution in [0.2, 0.25) is 0 Å². The molecule has 0 aliphatic carbocycles. The van der Waals surface area contributed by atoms with Crippen molar-refractivity contribution in [1.29, 1.82) is 0 Å². The number of hydrogen-bond donors (Lipinski definition) is 3. The molecule has 1 atom stereocenters. The number of carbonyl (C=O) groups excluding carboxylic acids is 1. The Morgan fingerprint density at radius 3 is 2.48 bits per heavy atom. The van der Waals surface area contributed by atoms with Gasteiger partial charge in [-0.3, -0.25) is 4.79 Å². The Bertz CT molecular complexity index is 911. The molecule has 0 unspecified atom stereocenters. The second-order valence-electron chi connectivity index (χ2n) is 6.11. The van der Waals surface area contributed by atoms with Gasteiger partial charge in [-0.2, -0.15) is 4.72 Å². The number of halogens is 1. The number of benzene rings is 2. The van der Waals surface area contributed by atoms with Crippen molar-refractivity contribution in [3.63, 3.8) is 0 Å². The summed E-state index contributed by atoms with van der Waals surface area (Å²) in [6.45, 7) is 4.12. The van der Waals surface area contributed by atoms with E-state index in [1.54, 1.807) is 12.1 Å². The van der Waals surface area contributed by atoms with Gasteiger partial charge in [0.2, 0.25) is 10.0 Å². The molecule has 2 aromatic carbocycles. The van der Waals surface area contributed by atoms with Crippen LogP contribution in [0.15, 0.2) is 47.4 Å². The van der Waals surface area contributed by atoms with Gasteiger partial charge in [0.25, 0.3) is 5.91 Å². The highest BCUT2D eigenvalue weighted by Gasteiger charge is 2.33. The van der Waals surface area contributed by atoms with E-state index < -0.39 is 27.9 Å². The van der Waals surface area contributed by atoms with Gasteiger partial charge in [-0.05, 0) is 41.8 Å². The average Bonchev–Trinajstić information content (AvgIpc) is 2.54. The molecular formula is C17H18FN3O3S. The monoisotopic (exact) mass is 363 g/mol. The Morgan fingerprint density at radius 2 is 1.84 bits per heavy atom. The lowest BCUT2D eigenvalue weighted by Gasteiger charge is -2.27. The molecule has 1 heterocycles. The van der Waals surface area contributed by atoms with E-state index in [-0.39, 0.29) is 10.6 Å². The lowest BCUT2D eigenvalue weighted by atomic mass is 10.0. The molecule has 0 spiro atoms. The smallest absolute Gasteiger partial charge is 0.262 e. The lowest BCUT2D eigenvalue weighted by molar-refractivity contribution is -0.117. The Hall–Kier alpha value is -2.45. The van der Waals surface area contributed by atoms with E-state index in [4.69, 9.17) is 0 Å². The average molecular weight is 363 g/mol. The van der Waals surface area contributed by atoms with Crippen LogP contribution in [-0.4, -0.2) is 20.5 Å². The van der Waals surface area contributed by atoms with E-state index in [1.807, 2.05) is 12.1 Å². The van der Waals surface area contributed by atoms with Crippen molar-refractivity contribution in [2.75, 3.05) is 10.6 Å². The molecule has 6 nitrogen and oxygen atoms in total. The van der Waals surface area contributed by atoms with E-state index >= 15 is 0 Å². The number of sulfonamides is 1. The molecule has 0 saturated carbocycles. The summed E-state index contributed by atoms with van der Waals surface area (Å²) in [5, 5.41) is 5.34. The summed E-state index contributed by atoms with van der Waals surface area (Å²) >= 11 is 0. The Labute approximate surface area is 145 Å². The molecule has 2 aromatic rings. The van der Waals surface area contributed by atoms with Crippen LogP contribution in [0, 0.1) is 5.82 Å². The minimum absolute atomic E-state index is 0.0501. The van der Waals surface area contributed by atoms with Gasteiger partial charge in [-0.1, -0.05) is 26.0 Å². The third-order valence-electron chi connectivity index (χ3n) is 3.91. The van der Waals surface area contributed by atoms with E-state index in [0.29, 0.717) is 11.6 Å². The molecule has 0 fully saturated rings. The number of anilines is 2. The fraction of sp³-hybridized carbons (Fsp3) is 0.235. The summed E-state index contributed by atoms with van der Waals surface area (Å²) in [5.41, 5.74) is 1.72. The van der Waals surface area contributed by atoms with Crippen LogP contribution in [0.25, 0.3) is 0 Å². The van der Waals surface area contributed by atoms with E-state index in [9.17, 15) is 17.6 Å². The van der Waals surface area contributed by atoms with Crippen molar-refractivity contribution in [2.24, 2.45) is 0 Å². The predicted molar refractivity (Wildman–Crippen MR) is 93.3 cm³/mol. The molecule has 0 aromatic heterocycles. The van der Waals surface area contributed by atoms with E-state index in [2.05, 4.69) is 29.2 Å². The fourth-order valence-corrected chi connectivity index (χ4v) is 3.80. The molecule has 25 heavy (non-hydrogen) atoms. The molecule has 0 saturated heterocycles. The number of rotatable bonds is 3. The van der Waals surface area contributed by atoms with Crippen molar-refractivity contribution >= 4 is 27.3 Å². The van der Waals surface area contributed by atoms with Crippen molar-refractivity contribution < 1.29 is 17.6 Å². The number of nitrogens with one attached hydrogen (secondary N) is 3. The third kappa shape index (κ3) is 3.64. The minimum atomic E-state index is -3.90. The van der Waals surface area contributed by atoms with Gasteiger partial charge in [-0.25, -0.2) is 12.8 Å². The van der Waals surface area contributed by atoms with Crippen LogP contribution >= 0.6 is 0 Å². The van der Waals surface area contributed by atoms with Crippen LogP contribution in [-0.2, 0) is 14.8 Å². The second kappa shape index (κ2) is 6.45. The maximum absolute atomic E-state index is 13.4. The van der Waals surface area contributed by atoms with Crippen molar-refractivity contribution in [3.8, 4) is 0 Å². The highest BCUT2D eigenvalue weighted by molar-refractivity contribution is 7.89. The largest absolute Gasteiger partial charge is 0.360 e. The van der Waals surface area contributed by atoms with Crippen LogP contribution in [0.1, 0.15) is 25.3 Å². The van der Waals surface area contributed by atoms with Gasteiger partial charge in [0, 0.05) is 5.69 Å². The van der Waals surface area contributed by atoms with Crippen molar-refractivity contribution in [1.82, 2.24) is 4.72 Å². The van der Waals surface area contributed by atoms with Crippen molar-refractivity contribution in [3.05, 3.63) is 53.8 Å². The fourth-order valence-electron chi connectivity index (χ4n) is 2.54. The summed E-state index contributed by atoms with van der Waals surface area (Å²) < 4.78 is 40.0. The number of carbonyl (C=O) groups is 1. The highest BCUT2D eigenvalue weighted by atomic mass is 32.2. The molecule has 3 N–H and O–H groups in total. The second-order valence-corrected chi connectivity index (χ2v) is 7.79. The molecule has 8 heteroatoms. The first-order valence-corrected chi connectivity index (χ1v) is 9.24. The molecular weight excluding hydrogens is 345 g/mol. The first-order chi connectivity index (χ1) is 11.8. The molecule has 1 amide bonds. The highest BCUT2D eigenvalue weighted by Crippen LogP contribution is 2.27. The van der Waals surface area contributed by atoms with Crippen LogP contribution in [0.4, 0.5) is 15.8 Å². The predicted octanol–water partition coefficient (Wildman–Crippen LogP) is 2.62. The summed E-state index contributed by atoms with van der Waals surface area (Å²) in [4.78, 5) is 12.3. The van der Waals surface area contributed by atoms with Gasteiger partial charge < -0.3 is 10.6 Å². The maximum Gasteiger partial charge on any atom is 0.262 e. The molecule has 3 rings (SSSR count). The van der Waals surface area contributed by atoms with Gasteiger partial charge in [-0.15, -0.1) is 0 Å². The normalized spacial score (nSPS) is 18.3. The minimum Gasteiger partial charge on any atom is -0.360 e. The number of hydrogen-bond acceptors (Lipinski definition) is 4. The Kier molecular flexibility index (Phi) is 4.49. The van der Waals surface area contributed by atoms with Crippen LogP contribution < -0.4 is 15.4 Å². The quantitative estimate of drug-likeness (QED) is 0.782. The topological polar surface area (TPSA) is 87.3 Å². The summed E-state index contributed by atoms with van der Waals surface area (Å²) in [5.74, 6) is -0.814. The van der Waals surface area contributed by atoms with Crippen LogP contribution in [0.5, 0.6) is 0 Å². The SMILES string of the molecule is CC(C)c1ccc(NC(=O)[C@H]2Nc3cc(F)ccc3S(=O)(=O)N2)cc1. The number of amides is 1. The first-order valence-electron chi connectivity index (χ1n) is 7.75. The summed E-state index contributed by atoms with van der Waals surface area (Å²) in [6.07, 6.45) is -1.23. The summed E-state index contributed by atoms with van der Waals surface area (Å²) in [7, 11) is -3.90. The zero-order chi connectivity index (χ0) is 18.2. The molecule has 0 radical (unpaired) electrons. The van der Waals surface area contributed by atoms with Gasteiger partial charge in [0.05, 0.1) is 5.69 Å². The molecule has 0 bridgehead atoms. The zero-order valence-electron chi connectivity index (χ0n) is 13.7. The molecule has 1 aliphatic rings. The van der Waals surface area contributed by atoms with Gasteiger partial charge in [0.15, 0.2) is 6.17 Å². The zero-order valence-corrected chi connectivity index (χ0v) is 14.5. The molecule has 1 aliphatic heterocycles. The van der Waals surface area contributed by atoms with Crippen LogP contribution in [0.3, 0.4) is 0 Å². The Balaban J connectivity index is 1.79. The maximum atomic E-state index is 13.4. The number of fused-ring (bicyclic) bond motifs is 1. The third-order valence-corrected chi connectivity index (χ3v) is 5.39. The first kappa shape index (κ1) is 17.4. The van der Waals surface area contributed by atoms with E-state index in [0.717, 1.165) is 23.8 Å². The van der Waals surface area contributed by atoms with Crippen molar-refractivity contribution in [2.45, 2.75) is 30.8 Å². The van der Waals surface area contributed by atoms with Gasteiger partial charge >= 0.3 is 0 Å². The van der Waals surface area contributed by atoms with E-state index in [1.165, 1.54) is 0 Å². The van der Waals surface area contributed by atoms with Gasteiger partial charge in [0.1, 0.15) is 10.7 Å². The summed E-state index contributed by atoms with van der Waals surface area (Å²) in [6, 6.07) is 10.5. The standard InChI is InChI=1S/C17H18FN3O3S/c1-10(2)11-3-6-13(7-4-11)19-17(22)16-20-14-9-12(18)5-8-15(14)25(23,24)21-16/h3-10,16,20-21H,1-2H3,(H,19,22)/t16-/m0/s1. The Morgan fingerprint density at radius 1 is 1.16 bits per heavy atom.